The van der Waals surface area contributed by atoms with Crippen molar-refractivity contribution in [3.63, 3.8) is 0 Å². The summed E-state index contributed by atoms with van der Waals surface area (Å²) in [5.74, 6) is 0.330. The van der Waals surface area contributed by atoms with Gasteiger partial charge < -0.3 is 9.32 Å². The fraction of sp³-hybridized carbons (Fsp3) is 0.214. The van der Waals surface area contributed by atoms with Gasteiger partial charge >= 0.3 is 0 Å². The maximum atomic E-state index is 12.3. The number of aryl methyl sites for hydroxylation is 2. The molecule has 1 aromatic carbocycles. The van der Waals surface area contributed by atoms with Gasteiger partial charge in [0.25, 0.3) is 5.91 Å². The summed E-state index contributed by atoms with van der Waals surface area (Å²) < 4.78 is 5.31. The van der Waals surface area contributed by atoms with E-state index in [0.29, 0.717) is 22.8 Å². The first-order chi connectivity index (χ1) is 9.04. The molecule has 0 radical (unpaired) electrons. The van der Waals surface area contributed by atoms with E-state index in [1.165, 1.54) is 4.90 Å². The molecule has 0 unspecified atom stereocenters. The smallest absolute Gasteiger partial charge is 0.295 e. The Bertz CT molecular complexity index is 668. The molecule has 2 aromatic rings. The van der Waals surface area contributed by atoms with Gasteiger partial charge in [0.05, 0.1) is 16.9 Å². The van der Waals surface area contributed by atoms with Crippen molar-refractivity contribution in [1.29, 1.82) is 5.26 Å². The van der Waals surface area contributed by atoms with Crippen molar-refractivity contribution >= 4 is 11.6 Å². The highest BCUT2D eigenvalue weighted by Crippen LogP contribution is 2.21. The Labute approximate surface area is 111 Å². The lowest BCUT2D eigenvalue weighted by atomic mass is 10.1. The predicted octanol–water partition coefficient (Wildman–Crippen LogP) is 2.44. The predicted molar refractivity (Wildman–Crippen MR) is 69.9 cm³/mol. The Balaban J connectivity index is 2.40. The van der Waals surface area contributed by atoms with Gasteiger partial charge in [0, 0.05) is 14.0 Å². The van der Waals surface area contributed by atoms with Crippen LogP contribution >= 0.6 is 0 Å². The molecule has 5 heteroatoms. The van der Waals surface area contributed by atoms with Crippen LogP contribution in [0.1, 0.15) is 27.7 Å². The number of rotatable bonds is 2. The van der Waals surface area contributed by atoms with Gasteiger partial charge in [-0.2, -0.15) is 5.26 Å². The number of nitriles is 1. The van der Waals surface area contributed by atoms with Crippen molar-refractivity contribution in [1.82, 2.24) is 4.98 Å². The first-order valence-corrected chi connectivity index (χ1v) is 5.75. The van der Waals surface area contributed by atoms with E-state index in [-0.39, 0.29) is 11.7 Å². The molecule has 1 amide bonds. The summed E-state index contributed by atoms with van der Waals surface area (Å²) in [6.45, 7) is 3.40. The summed E-state index contributed by atoms with van der Waals surface area (Å²) in [4.78, 5) is 17.8. The van der Waals surface area contributed by atoms with Crippen LogP contribution < -0.4 is 4.90 Å². The SMILES string of the molecule is Cc1nc(C)c(C(=O)N(C)c2ccccc2C#N)o1. The van der Waals surface area contributed by atoms with Gasteiger partial charge in [-0.15, -0.1) is 0 Å². The topological polar surface area (TPSA) is 70.1 Å². The van der Waals surface area contributed by atoms with Gasteiger partial charge in [-0.05, 0) is 19.1 Å². The van der Waals surface area contributed by atoms with E-state index in [0.717, 1.165) is 0 Å². The molecule has 0 aliphatic heterocycles. The van der Waals surface area contributed by atoms with Crippen molar-refractivity contribution in [2.45, 2.75) is 13.8 Å². The van der Waals surface area contributed by atoms with Crippen LogP contribution in [0.15, 0.2) is 28.7 Å². The number of carbonyl (C=O) groups excluding carboxylic acids is 1. The van der Waals surface area contributed by atoms with Gasteiger partial charge in [-0.1, -0.05) is 12.1 Å². The van der Waals surface area contributed by atoms with Gasteiger partial charge in [0.2, 0.25) is 5.76 Å². The number of benzene rings is 1. The van der Waals surface area contributed by atoms with Crippen LogP contribution in [0.2, 0.25) is 0 Å². The Morgan fingerprint density at radius 1 is 1.37 bits per heavy atom. The normalized spacial score (nSPS) is 10.0. The Hall–Kier alpha value is -2.61. The van der Waals surface area contributed by atoms with E-state index in [4.69, 9.17) is 9.68 Å². The Kier molecular flexibility index (Phi) is 3.34. The monoisotopic (exact) mass is 255 g/mol. The fourth-order valence-electron chi connectivity index (χ4n) is 1.85. The van der Waals surface area contributed by atoms with Crippen molar-refractivity contribution in [2.24, 2.45) is 0 Å². The number of para-hydroxylation sites is 1. The molecule has 0 bridgehead atoms. The van der Waals surface area contributed by atoms with Gasteiger partial charge in [0.15, 0.2) is 5.89 Å². The quantitative estimate of drug-likeness (QED) is 0.826. The van der Waals surface area contributed by atoms with Crippen LogP contribution in [-0.2, 0) is 0 Å². The molecule has 96 valence electrons. The van der Waals surface area contributed by atoms with Crippen LogP contribution in [0.4, 0.5) is 5.69 Å². The lowest BCUT2D eigenvalue weighted by molar-refractivity contribution is 0.0964. The number of hydrogen-bond acceptors (Lipinski definition) is 4. The molecular formula is C14H13N3O2. The van der Waals surface area contributed by atoms with E-state index >= 15 is 0 Å². The number of oxazole rings is 1. The summed E-state index contributed by atoms with van der Waals surface area (Å²) in [5, 5.41) is 9.05. The fourth-order valence-corrected chi connectivity index (χ4v) is 1.85. The zero-order valence-corrected chi connectivity index (χ0v) is 11.0. The molecule has 5 nitrogen and oxygen atoms in total. The Morgan fingerprint density at radius 3 is 2.63 bits per heavy atom. The highest BCUT2D eigenvalue weighted by Gasteiger charge is 2.22. The van der Waals surface area contributed by atoms with E-state index in [1.54, 1.807) is 45.2 Å². The van der Waals surface area contributed by atoms with Crippen molar-refractivity contribution in [2.75, 3.05) is 11.9 Å². The minimum Gasteiger partial charge on any atom is -0.436 e. The summed E-state index contributed by atoms with van der Waals surface area (Å²) >= 11 is 0. The molecule has 1 heterocycles. The summed E-state index contributed by atoms with van der Waals surface area (Å²) in [6.07, 6.45) is 0. The number of aromatic nitrogens is 1. The highest BCUT2D eigenvalue weighted by molar-refractivity contribution is 6.05. The molecule has 2 rings (SSSR count). The minimum absolute atomic E-state index is 0.202. The first kappa shape index (κ1) is 12.8. The van der Waals surface area contributed by atoms with E-state index in [2.05, 4.69) is 11.1 Å². The second-order valence-corrected chi connectivity index (χ2v) is 4.14. The number of nitrogens with zero attached hydrogens (tertiary/aromatic N) is 3. The highest BCUT2D eigenvalue weighted by atomic mass is 16.4. The van der Waals surface area contributed by atoms with E-state index in [1.807, 2.05) is 0 Å². The largest absolute Gasteiger partial charge is 0.436 e. The number of amides is 1. The maximum Gasteiger partial charge on any atom is 0.295 e. The standard InChI is InChI=1S/C14H13N3O2/c1-9-13(19-10(2)16-9)14(18)17(3)12-7-5-4-6-11(12)8-15/h4-7H,1-3H3. The Morgan fingerprint density at radius 2 is 2.05 bits per heavy atom. The van der Waals surface area contributed by atoms with Crippen LogP contribution in [0, 0.1) is 25.2 Å². The third-order valence-electron chi connectivity index (χ3n) is 2.79. The zero-order chi connectivity index (χ0) is 14.0. The summed E-state index contributed by atoms with van der Waals surface area (Å²) in [5.41, 5.74) is 1.53. The molecular weight excluding hydrogens is 242 g/mol. The molecule has 0 saturated heterocycles. The molecule has 0 fully saturated rings. The number of hydrogen-bond donors (Lipinski definition) is 0. The molecule has 0 aliphatic carbocycles. The second-order valence-electron chi connectivity index (χ2n) is 4.14. The molecule has 0 spiro atoms. The van der Waals surface area contributed by atoms with Crippen LogP contribution in [0.25, 0.3) is 0 Å². The summed E-state index contributed by atoms with van der Waals surface area (Å²) in [6, 6.07) is 8.97. The molecule has 0 N–H and O–H groups in total. The van der Waals surface area contributed by atoms with Gasteiger partial charge in [-0.3, -0.25) is 4.79 Å². The van der Waals surface area contributed by atoms with Crippen molar-refractivity contribution in [3.05, 3.63) is 47.2 Å². The molecule has 0 atom stereocenters. The minimum atomic E-state index is -0.319. The van der Waals surface area contributed by atoms with Gasteiger partial charge in [0.1, 0.15) is 6.07 Å². The summed E-state index contributed by atoms with van der Waals surface area (Å²) in [7, 11) is 1.61. The second kappa shape index (κ2) is 4.94. The average molecular weight is 255 g/mol. The van der Waals surface area contributed by atoms with E-state index < -0.39 is 0 Å². The third kappa shape index (κ3) is 2.33. The number of anilines is 1. The number of carbonyl (C=O) groups is 1. The lowest BCUT2D eigenvalue weighted by Gasteiger charge is -2.17. The molecule has 19 heavy (non-hydrogen) atoms. The van der Waals surface area contributed by atoms with Crippen molar-refractivity contribution in [3.8, 4) is 6.07 Å². The first-order valence-electron chi connectivity index (χ1n) is 5.75. The van der Waals surface area contributed by atoms with Crippen LogP contribution in [-0.4, -0.2) is 17.9 Å². The lowest BCUT2D eigenvalue weighted by Crippen LogP contribution is -2.27. The third-order valence-corrected chi connectivity index (χ3v) is 2.79. The molecule has 1 aromatic heterocycles. The van der Waals surface area contributed by atoms with Crippen LogP contribution in [0.5, 0.6) is 0 Å². The zero-order valence-electron chi connectivity index (χ0n) is 11.0. The van der Waals surface area contributed by atoms with Gasteiger partial charge in [-0.25, -0.2) is 4.98 Å². The maximum absolute atomic E-state index is 12.3. The molecule has 0 aliphatic rings. The molecule has 0 saturated carbocycles. The van der Waals surface area contributed by atoms with Crippen LogP contribution in [0.3, 0.4) is 0 Å². The average Bonchev–Trinajstić information content (AvgIpc) is 2.76. The van der Waals surface area contributed by atoms with E-state index in [9.17, 15) is 4.79 Å². The van der Waals surface area contributed by atoms with Crippen molar-refractivity contribution < 1.29 is 9.21 Å².